The number of ether oxygens (including phenoxy) is 1. The maximum absolute atomic E-state index is 11.1. The Morgan fingerprint density at radius 1 is 1.28 bits per heavy atom. The van der Waals surface area contributed by atoms with E-state index in [1.165, 1.54) is 6.92 Å². The van der Waals surface area contributed by atoms with Crippen LogP contribution in [0.5, 0.6) is 0 Å². The van der Waals surface area contributed by atoms with Gasteiger partial charge in [0.2, 0.25) is 0 Å². The lowest BCUT2D eigenvalue weighted by Crippen LogP contribution is -2.40. The summed E-state index contributed by atoms with van der Waals surface area (Å²) in [5.41, 5.74) is -1.36. The Labute approximate surface area is 104 Å². The summed E-state index contributed by atoms with van der Waals surface area (Å²) in [7, 11) is -4.74. The van der Waals surface area contributed by atoms with Gasteiger partial charge in [0, 0.05) is 5.57 Å². The van der Waals surface area contributed by atoms with Gasteiger partial charge < -0.3 is 24.7 Å². The second-order valence-electron chi connectivity index (χ2n) is 3.94. The number of carbonyl (C=O) groups excluding carboxylic acids is 1. The number of aliphatic hydroxyl groups is 2. The molecule has 0 fully saturated rings. The normalized spacial score (nSPS) is 12.3. The molecule has 0 radical (unpaired) electrons. The first-order valence-corrected chi connectivity index (χ1v) is 6.43. The van der Waals surface area contributed by atoms with Crippen molar-refractivity contribution in [3.8, 4) is 0 Å². The molecule has 0 saturated carbocycles. The van der Waals surface area contributed by atoms with Crippen LogP contribution in [-0.2, 0) is 18.6 Å². The third-order valence-corrected chi connectivity index (χ3v) is 2.53. The van der Waals surface area contributed by atoms with Gasteiger partial charge in [-0.1, -0.05) is 6.58 Å². The topological polar surface area (TPSA) is 134 Å². The highest BCUT2D eigenvalue weighted by Gasteiger charge is 2.34. The van der Waals surface area contributed by atoms with Crippen LogP contribution in [-0.4, -0.2) is 52.4 Å². The summed E-state index contributed by atoms with van der Waals surface area (Å²) >= 11 is 0. The number of carbonyl (C=O) groups is 1. The fraction of sp³-hybridized carbons (Fsp3) is 0.667. The molecule has 0 aromatic rings. The van der Waals surface area contributed by atoms with Crippen molar-refractivity contribution in [2.75, 3.05) is 26.4 Å². The minimum Gasteiger partial charge on any atom is -0.461 e. The summed E-state index contributed by atoms with van der Waals surface area (Å²) in [5.74, 6) is -0.738. The maximum atomic E-state index is 11.1. The van der Waals surface area contributed by atoms with E-state index in [1.807, 2.05) is 0 Å². The lowest BCUT2D eigenvalue weighted by molar-refractivity contribution is -0.146. The Morgan fingerprint density at radius 3 is 2.11 bits per heavy atom. The lowest BCUT2D eigenvalue weighted by atomic mass is 9.93. The van der Waals surface area contributed by atoms with Crippen LogP contribution in [0.1, 0.15) is 6.92 Å². The van der Waals surface area contributed by atoms with Crippen LogP contribution in [0.15, 0.2) is 12.2 Å². The summed E-state index contributed by atoms with van der Waals surface area (Å²) in [6.07, 6.45) is 0. The highest BCUT2D eigenvalue weighted by atomic mass is 31.2. The Bertz CT molecular complexity index is 342. The van der Waals surface area contributed by atoms with Gasteiger partial charge in [0.1, 0.15) is 6.61 Å². The number of phosphoric ester groups is 1. The standard InChI is InChI=1S/C9H17O8P/c1-7(2)8(12)16-5-9(3-10,4-11)6-17-18(13,14)15/h10-11H,1,3-6H2,2H3,(H2,13,14,15). The van der Waals surface area contributed by atoms with Crippen LogP contribution in [0.25, 0.3) is 0 Å². The molecule has 0 amide bonds. The monoisotopic (exact) mass is 284 g/mol. The number of aliphatic hydroxyl groups excluding tert-OH is 2. The van der Waals surface area contributed by atoms with Crippen molar-refractivity contribution >= 4 is 13.8 Å². The van der Waals surface area contributed by atoms with Crippen molar-refractivity contribution in [1.82, 2.24) is 0 Å². The van der Waals surface area contributed by atoms with Gasteiger partial charge in [0.25, 0.3) is 0 Å². The molecule has 0 unspecified atom stereocenters. The molecule has 0 aromatic heterocycles. The second-order valence-corrected chi connectivity index (χ2v) is 5.18. The highest BCUT2D eigenvalue weighted by Crippen LogP contribution is 2.38. The largest absolute Gasteiger partial charge is 0.469 e. The van der Waals surface area contributed by atoms with Crippen molar-refractivity contribution in [2.45, 2.75) is 6.92 Å². The summed E-state index contributed by atoms with van der Waals surface area (Å²) in [5, 5.41) is 18.2. The van der Waals surface area contributed by atoms with Gasteiger partial charge in [-0.15, -0.1) is 0 Å². The van der Waals surface area contributed by atoms with Crippen LogP contribution in [0, 0.1) is 5.41 Å². The Kier molecular flexibility index (Phi) is 6.69. The van der Waals surface area contributed by atoms with Crippen molar-refractivity contribution in [1.29, 1.82) is 0 Å². The summed E-state index contributed by atoms with van der Waals surface area (Å²) in [6.45, 7) is 2.29. The average Bonchev–Trinajstić information content (AvgIpc) is 2.28. The molecule has 0 heterocycles. The van der Waals surface area contributed by atoms with E-state index in [1.54, 1.807) is 0 Å². The van der Waals surface area contributed by atoms with Crippen molar-refractivity contribution in [2.24, 2.45) is 5.41 Å². The minimum absolute atomic E-state index is 0.121. The number of rotatable bonds is 8. The Morgan fingerprint density at radius 2 is 1.78 bits per heavy atom. The van der Waals surface area contributed by atoms with Gasteiger partial charge in [0.05, 0.1) is 25.2 Å². The fourth-order valence-electron chi connectivity index (χ4n) is 0.837. The van der Waals surface area contributed by atoms with Crippen molar-refractivity contribution < 1.29 is 38.6 Å². The van der Waals surface area contributed by atoms with Gasteiger partial charge >= 0.3 is 13.8 Å². The predicted octanol–water partition coefficient (Wildman–Crippen LogP) is -0.814. The van der Waals surface area contributed by atoms with Crippen LogP contribution in [0.3, 0.4) is 0 Å². The molecule has 0 rings (SSSR count). The number of phosphoric acid groups is 1. The van der Waals surface area contributed by atoms with E-state index >= 15 is 0 Å². The molecule has 0 aliphatic heterocycles. The smallest absolute Gasteiger partial charge is 0.461 e. The summed E-state index contributed by atoms with van der Waals surface area (Å²) < 4.78 is 19.5. The van der Waals surface area contributed by atoms with E-state index in [0.29, 0.717) is 0 Å². The summed E-state index contributed by atoms with van der Waals surface area (Å²) in [6, 6.07) is 0. The van der Waals surface area contributed by atoms with E-state index in [-0.39, 0.29) is 5.57 Å². The zero-order valence-corrected chi connectivity index (χ0v) is 10.8. The lowest BCUT2D eigenvalue weighted by Gasteiger charge is -2.28. The van der Waals surface area contributed by atoms with Gasteiger partial charge in [-0.25, -0.2) is 9.36 Å². The SMILES string of the molecule is C=C(C)C(=O)OCC(CO)(CO)COP(=O)(O)O. The second kappa shape index (κ2) is 6.98. The van der Waals surface area contributed by atoms with Crippen molar-refractivity contribution in [3.63, 3.8) is 0 Å². The molecule has 8 nitrogen and oxygen atoms in total. The molecular formula is C9H17O8P. The number of hydrogen-bond donors (Lipinski definition) is 4. The molecule has 9 heteroatoms. The van der Waals surface area contributed by atoms with E-state index in [2.05, 4.69) is 11.1 Å². The highest BCUT2D eigenvalue weighted by molar-refractivity contribution is 7.46. The van der Waals surface area contributed by atoms with Crippen molar-refractivity contribution in [3.05, 3.63) is 12.2 Å². The third-order valence-electron chi connectivity index (χ3n) is 2.07. The van der Waals surface area contributed by atoms with Gasteiger partial charge in [0.15, 0.2) is 0 Å². The average molecular weight is 284 g/mol. The van der Waals surface area contributed by atoms with Gasteiger partial charge in [-0.3, -0.25) is 4.52 Å². The fourth-order valence-corrected chi connectivity index (χ4v) is 1.28. The number of esters is 1. The molecule has 0 aliphatic rings. The molecule has 4 N–H and O–H groups in total. The molecular weight excluding hydrogens is 267 g/mol. The third kappa shape index (κ3) is 6.25. The van der Waals surface area contributed by atoms with Crippen LogP contribution in [0.2, 0.25) is 0 Å². The van der Waals surface area contributed by atoms with E-state index in [0.717, 1.165) is 0 Å². The molecule has 106 valence electrons. The number of hydrogen-bond acceptors (Lipinski definition) is 6. The van der Waals surface area contributed by atoms with Gasteiger partial charge in [-0.2, -0.15) is 0 Å². The maximum Gasteiger partial charge on any atom is 0.469 e. The predicted molar refractivity (Wildman–Crippen MR) is 60.4 cm³/mol. The Hall–Kier alpha value is -0.760. The first kappa shape index (κ1) is 17.2. The summed E-state index contributed by atoms with van der Waals surface area (Å²) in [4.78, 5) is 28.2. The first-order chi connectivity index (χ1) is 8.16. The van der Waals surface area contributed by atoms with E-state index in [9.17, 15) is 9.36 Å². The molecule has 0 saturated heterocycles. The van der Waals surface area contributed by atoms with Crippen LogP contribution >= 0.6 is 7.82 Å². The quantitative estimate of drug-likeness (QED) is 0.258. The van der Waals surface area contributed by atoms with Gasteiger partial charge in [-0.05, 0) is 6.92 Å². The molecule has 0 aliphatic carbocycles. The zero-order valence-electron chi connectivity index (χ0n) is 9.90. The zero-order chi connectivity index (χ0) is 14.4. The molecule has 0 aromatic carbocycles. The van der Waals surface area contributed by atoms with E-state index < -0.39 is 45.6 Å². The van der Waals surface area contributed by atoms with Crippen LogP contribution < -0.4 is 0 Å². The molecule has 0 bridgehead atoms. The van der Waals surface area contributed by atoms with Crippen LogP contribution in [0.4, 0.5) is 0 Å². The molecule has 0 atom stereocenters. The molecule has 18 heavy (non-hydrogen) atoms. The minimum atomic E-state index is -4.74. The Balaban J connectivity index is 4.57. The first-order valence-electron chi connectivity index (χ1n) is 4.90. The molecule has 0 spiro atoms. The van der Waals surface area contributed by atoms with E-state index in [4.69, 9.17) is 24.7 Å².